The molecular formula is C6H10F3NO. The molecule has 0 fully saturated rings. The number of hydrogen-bond acceptors (Lipinski definition) is 2. The van der Waals surface area contributed by atoms with E-state index in [0.717, 1.165) is 0 Å². The van der Waals surface area contributed by atoms with Crippen molar-refractivity contribution >= 4 is 5.78 Å². The monoisotopic (exact) mass is 169 g/mol. The SMILES string of the molecule is CC(N)C(=O)CCC(F)(F)F. The maximum absolute atomic E-state index is 11.5. The summed E-state index contributed by atoms with van der Waals surface area (Å²) >= 11 is 0. The fraction of sp³-hybridized carbons (Fsp3) is 0.833. The van der Waals surface area contributed by atoms with Crippen molar-refractivity contribution in [3.63, 3.8) is 0 Å². The third-order valence-corrected chi connectivity index (χ3v) is 1.16. The second-order valence-corrected chi connectivity index (χ2v) is 2.37. The van der Waals surface area contributed by atoms with E-state index in [1.165, 1.54) is 6.92 Å². The van der Waals surface area contributed by atoms with Crippen molar-refractivity contribution in [2.24, 2.45) is 5.73 Å². The van der Waals surface area contributed by atoms with Gasteiger partial charge in [-0.1, -0.05) is 0 Å². The van der Waals surface area contributed by atoms with Crippen molar-refractivity contribution in [1.29, 1.82) is 0 Å². The predicted molar refractivity (Wildman–Crippen MR) is 33.9 cm³/mol. The minimum atomic E-state index is -4.26. The molecule has 66 valence electrons. The van der Waals surface area contributed by atoms with Gasteiger partial charge in [-0.15, -0.1) is 0 Å². The van der Waals surface area contributed by atoms with Crippen molar-refractivity contribution in [3.8, 4) is 0 Å². The van der Waals surface area contributed by atoms with Gasteiger partial charge in [-0.25, -0.2) is 0 Å². The summed E-state index contributed by atoms with van der Waals surface area (Å²) in [5.41, 5.74) is 5.05. The molecule has 5 heteroatoms. The van der Waals surface area contributed by atoms with E-state index in [1.54, 1.807) is 0 Å². The summed E-state index contributed by atoms with van der Waals surface area (Å²) in [5, 5.41) is 0. The van der Waals surface area contributed by atoms with Gasteiger partial charge in [0, 0.05) is 6.42 Å². The van der Waals surface area contributed by atoms with Gasteiger partial charge in [-0.2, -0.15) is 13.2 Å². The van der Waals surface area contributed by atoms with Crippen molar-refractivity contribution in [3.05, 3.63) is 0 Å². The zero-order chi connectivity index (χ0) is 9.07. The average Bonchev–Trinajstić information content (AvgIpc) is 1.80. The van der Waals surface area contributed by atoms with Crippen LogP contribution in [0.2, 0.25) is 0 Å². The van der Waals surface area contributed by atoms with Crippen molar-refractivity contribution in [2.45, 2.75) is 32.0 Å². The summed E-state index contributed by atoms with van der Waals surface area (Å²) in [4.78, 5) is 10.6. The Morgan fingerprint density at radius 3 is 2.27 bits per heavy atom. The number of ketones is 1. The van der Waals surface area contributed by atoms with Crippen LogP contribution in [0, 0.1) is 0 Å². The van der Waals surface area contributed by atoms with Crippen LogP contribution in [-0.4, -0.2) is 18.0 Å². The highest BCUT2D eigenvalue weighted by molar-refractivity contribution is 5.83. The number of carbonyl (C=O) groups is 1. The molecule has 1 atom stereocenters. The molecule has 0 amide bonds. The highest BCUT2D eigenvalue weighted by Gasteiger charge is 2.28. The fourth-order valence-corrected chi connectivity index (χ4v) is 0.493. The Balaban J connectivity index is 3.64. The lowest BCUT2D eigenvalue weighted by Gasteiger charge is -2.06. The molecule has 1 unspecified atom stereocenters. The van der Waals surface area contributed by atoms with Crippen molar-refractivity contribution in [2.75, 3.05) is 0 Å². The van der Waals surface area contributed by atoms with Gasteiger partial charge in [0.2, 0.25) is 0 Å². The molecule has 0 aromatic rings. The number of carbonyl (C=O) groups excluding carboxylic acids is 1. The largest absolute Gasteiger partial charge is 0.389 e. The summed E-state index contributed by atoms with van der Waals surface area (Å²) in [6, 6.07) is -0.794. The van der Waals surface area contributed by atoms with E-state index in [9.17, 15) is 18.0 Å². The van der Waals surface area contributed by atoms with Crippen LogP contribution in [0.1, 0.15) is 19.8 Å². The van der Waals surface area contributed by atoms with Crippen LogP contribution in [-0.2, 0) is 4.79 Å². The van der Waals surface area contributed by atoms with Gasteiger partial charge >= 0.3 is 6.18 Å². The lowest BCUT2D eigenvalue weighted by molar-refractivity contribution is -0.143. The minimum Gasteiger partial charge on any atom is -0.322 e. The molecule has 0 aliphatic heterocycles. The third kappa shape index (κ3) is 5.84. The molecule has 0 rings (SSSR count). The molecule has 2 N–H and O–H groups in total. The Kier molecular flexibility index (Phi) is 3.51. The van der Waals surface area contributed by atoms with Gasteiger partial charge in [0.15, 0.2) is 0 Å². The Bertz CT molecular complexity index is 141. The van der Waals surface area contributed by atoms with Gasteiger partial charge < -0.3 is 5.73 Å². The molecule has 0 aliphatic rings. The van der Waals surface area contributed by atoms with Gasteiger partial charge in [-0.3, -0.25) is 4.79 Å². The molecule has 0 spiro atoms. The number of hydrogen-bond donors (Lipinski definition) is 1. The number of rotatable bonds is 3. The molecular weight excluding hydrogens is 159 g/mol. The minimum absolute atomic E-state index is 0.513. The molecule has 0 aliphatic carbocycles. The molecule has 2 nitrogen and oxygen atoms in total. The average molecular weight is 169 g/mol. The van der Waals surface area contributed by atoms with E-state index in [-0.39, 0.29) is 0 Å². The number of alkyl halides is 3. The maximum atomic E-state index is 11.5. The predicted octanol–water partition coefficient (Wildman–Crippen LogP) is 1.25. The van der Waals surface area contributed by atoms with Crippen LogP contribution in [0.25, 0.3) is 0 Å². The number of Topliss-reactive ketones (excluding diaryl/α,β-unsaturated/α-hetero) is 1. The van der Waals surface area contributed by atoms with Gasteiger partial charge in [0.1, 0.15) is 5.78 Å². The highest BCUT2D eigenvalue weighted by atomic mass is 19.4. The normalized spacial score (nSPS) is 14.6. The number of nitrogens with two attached hydrogens (primary N) is 1. The Morgan fingerprint density at radius 1 is 1.55 bits per heavy atom. The topological polar surface area (TPSA) is 43.1 Å². The van der Waals surface area contributed by atoms with E-state index < -0.39 is 30.8 Å². The summed E-state index contributed by atoms with van der Waals surface area (Å²) in [5.74, 6) is -0.553. The quantitative estimate of drug-likeness (QED) is 0.690. The molecule has 0 saturated heterocycles. The van der Waals surface area contributed by atoms with Crippen LogP contribution in [0.15, 0.2) is 0 Å². The molecule has 0 saturated carbocycles. The Labute approximate surface area is 62.6 Å². The van der Waals surface area contributed by atoms with Crippen molar-refractivity contribution < 1.29 is 18.0 Å². The zero-order valence-electron chi connectivity index (χ0n) is 6.11. The summed E-state index contributed by atoms with van der Waals surface area (Å²) in [6.45, 7) is 1.37. The first-order valence-corrected chi connectivity index (χ1v) is 3.18. The lowest BCUT2D eigenvalue weighted by Crippen LogP contribution is -2.27. The second-order valence-electron chi connectivity index (χ2n) is 2.37. The highest BCUT2D eigenvalue weighted by Crippen LogP contribution is 2.21. The molecule has 0 bridgehead atoms. The summed E-state index contributed by atoms with van der Waals surface area (Å²) in [7, 11) is 0. The maximum Gasteiger partial charge on any atom is 0.389 e. The standard InChI is InChI=1S/C6H10F3NO/c1-4(10)5(11)2-3-6(7,8)9/h4H,2-3,10H2,1H3. The molecule has 0 radical (unpaired) electrons. The first-order chi connectivity index (χ1) is 4.83. The molecule has 0 aromatic heterocycles. The first kappa shape index (κ1) is 10.4. The molecule has 11 heavy (non-hydrogen) atoms. The summed E-state index contributed by atoms with van der Waals surface area (Å²) in [6.07, 6.45) is -5.85. The van der Waals surface area contributed by atoms with Crippen LogP contribution in [0.4, 0.5) is 13.2 Å². The van der Waals surface area contributed by atoms with Crippen molar-refractivity contribution in [1.82, 2.24) is 0 Å². The molecule has 0 heterocycles. The van der Waals surface area contributed by atoms with Gasteiger partial charge in [0.25, 0.3) is 0 Å². The first-order valence-electron chi connectivity index (χ1n) is 3.18. The van der Waals surface area contributed by atoms with Crippen LogP contribution in [0.3, 0.4) is 0 Å². The van der Waals surface area contributed by atoms with Gasteiger partial charge in [0.05, 0.1) is 12.5 Å². The number of halogens is 3. The lowest BCUT2D eigenvalue weighted by atomic mass is 10.1. The van der Waals surface area contributed by atoms with Crippen LogP contribution in [0.5, 0.6) is 0 Å². The molecule has 0 aromatic carbocycles. The Morgan fingerprint density at radius 2 is 2.00 bits per heavy atom. The Hall–Kier alpha value is -0.580. The van der Waals surface area contributed by atoms with E-state index >= 15 is 0 Å². The smallest absolute Gasteiger partial charge is 0.322 e. The van der Waals surface area contributed by atoms with Gasteiger partial charge in [-0.05, 0) is 6.92 Å². The van der Waals surface area contributed by atoms with Crippen LogP contribution >= 0.6 is 0 Å². The second kappa shape index (κ2) is 3.71. The zero-order valence-corrected chi connectivity index (χ0v) is 6.11. The van der Waals surface area contributed by atoms with E-state index in [4.69, 9.17) is 5.73 Å². The summed E-state index contributed by atoms with van der Waals surface area (Å²) < 4.78 is 34.5. The fourth-order valence-electron chi connectivity index (χ4n) is 0.493. The third-order valence-electron chi connectivity index (χ3n) is 1.16. The van der Waals surface area contributed by atoms with E-state index in [1.807, 2.05) is 0 Å². The van der Waals surface area contributed by atoms with E-state index in [2.05, 4.69) is 0 Å². The van der Waals surface area contributed by atoms with E-state index in [0.29, 0.717) is 0 Å². The van der Waals surface area contributed by atoms with Crippen LogP contribution < -0.4 is 5.73 Å².